The van der Waals surface area contributed by atoms with Crippen molar-refractivity contribution in [3.8, 4) is 5.75 Å². The van der Waals surface area contributed by atoms with Crippen LogP contribution in [0, 0.1) is 0 Å². The van der Waals surface area contributed by atoms with Gasteiger partial charge in [-0.2, -0.15) is 0 Å². The van der Waals surface area contributed by atoms with Gasteiger partial charge in [0.05, 0.1) is 16.8 Å². The molecule has 1 rings (SSSR count). The maximum Gasteiger partial charge on any atom is 0.156 e. The number of nitrogens with one attached hydrogen (secondary N) is 1. The Morgan fingerprint density at radius 2 is 1.89 bits per heavy atom. The van der Waals surface area contributed by atoms with E-state index in [2.05, 4.69) is 28.2 Å². The van der Waals surface area contributed by atoms with Crippen LogP contribution in [0.3, 0.4) is 0 Å². The average molecular weight is 349 g/mol. The molecular weight excluding hydrogens is 326 g/mol. The van der Waals surface area contributed by atoms with Crippen molar-refractivity contribution in [3.05, 3.63) is 21.6 Å². The third kappa shape index (κ3) is 6.05. The third-order valence-electron chi connectivity index (χ3n) is 2.89. The number of unbranched alkanes of at least 4 members (excludes halogenated alkanes) is 4. The monoisotopic (exact) mass is 347 g/mol. The lowest BCUT2D eigenvalue weighted by Crippen LogP contribution is -2.05. The third-order valence-corrected chi connectivity index (χ3v) is 3.70. The second-order valence-electron chi connectivity index (χ2n) is 4.54. The zero-order valence-corrected chi connectivity index (χ0v) is 14.1. The maximum atomic E-state index is 6.08. The molecule has 1 aromatic rings. The summed E-state index contributed by atoms with van der Waals surface area (Å²) in [6.07, 6.45) is 6.37. The Kier molecular flexibility index (Phi) is 8.31. The van der Waals surface area contributed by atoms with Gasteiger partial charge < -0.3 is 10.1 Å². The highest BCUT2D eigenvalue weighted by Crippen LogP contribution is 2.36. The van der Waals surface area contributed by atoms with E-state index >= 15 is 0 Å². The first kappa shape index (κ1) is 16.6. The molecule has 2 nitrogen and oxygen atoms in total. The van der Waals surface area contributed by atoms with Crippen molar-refractivity contribution in [2.24, 2.45) is 0 Å². The SMILES string of the molecule is CCCCCCCNc1cc(Cl)cc(Br)c1OCC. The predicted molar refractivity (Wildman–Crippen MR) is 87.6 cm³/mol. The van der Waals surface area contributed by atoms with E-state index in [1.807, 2.05) is 19.1 Å². The van der Waals surface area contributed by atoms with Gasteiger partial charge in [0.25, 0.3) is 0 Å². The number of hydrogen-bond acceptors (Lipinski definition) is 2. The molecule has 0 unspecified atom stereocenters. The highest BCUT2D eigenvalue weighted by Gasteiger charge is 2.09. The summed E-state index contributed by atoms with van der Waals surface area (Å²) in [5, 5.41) is 4.13. The van der Waals surface area contributed by atoms with Crippen LogP contribution >= 0.6 is 27.5 Å². The quantitative estimate of drug-likeness (QED) is 0.562. The molecule has 0 amide bonds. The van der Waals surface area contributed by atoms with Gasteiger partial charge in [-0.3, -0.25) is 0 Å². The van der Waals surface area contributed by atoms with Crippen LogP contribution in [0.15, 0.2) is 16.6 Å². The summed E-state index contributed by atoms with van der Waals surface area (Å²) >= 11 is 9.57. The molecule has 19 heavy (non-hydrogen) atoms. The zero-order chi connectivity index (χ0) is 14.1. The standard InChI is InChI=1S/C15H23BrClNO/c1-3-5-6-7-8-9-18-14-11-12(17)10-13(16)15(14)19-4-2/h10-11,18H,3-9H2,1-2H3. The van der Waals surface area contributed by atoms with Gasteiger partial charge in [-0.1, -0.05) is 44.2 Å². The van der Waals surface area contributed by atoms with Crippen molar-refractivity contribution in [2.45, 2.75) is 46.0 Å². The lowest BCUT2D eigenvalue weighted by atomic mass is 10.1. The molecule has 0 saturated carbocycles. The van der Waals surface area contributed by atoms with E-state index in [0.717, 1.165) is 22.5 Å². The molecule has 0 saturated heterocycles. The van der Waals surface area contributed by atoms with Crippen LogP contribution in [0.4, 0.5) is 5.69 Å². The van der Waals surface area contributed by atoms with Crippen LogP contribution in [0.2, 0.25) is 5.02 Å². The van der Waals surface area contributed by atoms with Crippen molar-refractivity contribution < 1.29 is 4.74 Å². The highest BCUT2D eigenvalue weighted by atomic mass is 79.9. The average Bonchev–Trinajstić information content (AvgIpc) is 2.37. The number of anilines is 1. The molecule has 1 aromatic carbocycles. The summed E-state index contributed by atoms with van der Waals surface area (Å²) in [4.78, 5) is 0. The Balaban J connectivity index is 2.51. The molecule has 4 heteroatoms. The minimum absolute atomic E-state index is 0.644. The van der Waals surface area contributed by atoms with Crippen molar-refractivity contribution in [3.63, 3.8) is 0 Å². The van der Waals surface area contributed by atoms with E-state index in [9.17, 15) is 0 Å². The molecule has 0 spiro atoms. The minimum Gasteiger partial charge on any atom is -0.491 e. The van der Waals surface area contributed by atoms with Gasteiger partial charge >= 0.3 is 0 Å². The molecule has 0 atom stereocenters. The number of hydrogen-bond donors (Lipinski definition) is 1. The van der Waals surface area contributed by atoms with E-state index in [1.54, 1.807) is 0 Å². The largest absolute Gasteiger partial charge is 0.491 e. The topological polar surface area (TPSA) is 21.3 Å². The normalized spacial score (nSPS) is 10.5. The Hall–Kier alpha value is -0.410. The molecule has 0 radical (unpaired) electrons. The fraction of sp³-hybridized carbons (Fsp3) is 0.600. The Morgan fingerprint density at radius 3 is 2.58 bits per heavy atom. The van der Waals surface area contributed by atoms with Crippen LogP contribution in [-0.4, -0.2) is 13.2 Å². The van der Waals surface area contributed by atoms with Crippen molar-refractivity contribution in [1.29, 1.82) is 0 Å². The molecule has 0 aromatic heterocycles. The van der Waals surface area contributed by atoms with Crippen molar-refractivity contribution in [1.82, 2.24) is 0 Å². The fourth-order valence-electron chi connectivity index (χ4n) is 1.93. The first-order chi connectivity index (χ1) is 9.19. The molecule has 0 heterocycles. The summed E-state index contributed by atoms with van der Waals surface area (Å²) in [6, 6.07) is 3.78. The molecule has 0 fully saturated rings. The number of ether oxygens (including phenoxy) is 1. The first-order valence-electron chi connectivity index (χ1n) is 7.04. The Bertz CT molecular complexity index is 385. The smallest absolute Gasteiger partial charge is 0.156 e. The van der Waals surface area contributed by atoms with Gasteiger partial charge in [0, 0.05) is 11.6 Å². The summed E-state index contributed by atoms with van der Waals surface area (Å²) in [5.74, 6) is 0.848. The lowest BCUT2D eigenvalue weighted by molar-refractivity contribution is 0.339. The number of benzene rings is 1. The van der Waals surface area contributed by atoms with Crippen LogP contribution in [0.25, 0.3) is 0 Å². The molecule has 108 valence electrons. The van der Waals surface area contributed by atoms with E-state index in [1.165, 1.54) is 32.1 Å². The summed E-state index contributed by atoms with van der Waals surface area (Å²) in [5.41, 5.74) is 0.969. The fourth-order valence-corrected chi connectivity index (χ4v) is 2.86. The molecule has 0 aliphatic rings. The summed E-state index contributed by atoms with van der Waals surface area (Å²) in [6.45, 7) is 5.81. The maximum absolute atomic E-state index is 6.08. The lowest BCUT2D eigenvalue weighted by Gasteiger charge is -2.14. The van der Waals surface area contributed by atoms with Crippen LogP contribution in [0.1, 0.15) is 46.0 Å². The minimum atomic E-state index is 0.644. The van der Waals surface area contributed by atoms with Gasteiger partial charge in [0.1, 0.15) is 0 Å². The van der Waals surface area contributed by atoms with Gasteiger partial charge in [0.2, 0.25) is 0 Å². The summed E-state index contributed by atoms with van der Waals surface area (Å²) < 4.78 is 6.55. The second kappa shape index (κ2) is 9.49. The second-order valence-corrected chi connectivity index (χ2v) is 5.83. The molecule has 0 aliphatic heterocycles. The number of rotatable bonds is 9. The molecule has 0 aliphatic carbocycles. The molecule has 1 N–H and O–H groups in total. The van der Waals surface area contributed by atoms with E-state index < -0.39 is 0 Å². The van der Waals surface area contributed by atoms with E-state index in [0.29, 0.717) is 11.6 Å². The highest BCUT2D eigenvalue weighted by molar-refractivity contribution is 9.10. The first-order valence-corrected chi connectivity index (χ1v) is 8.21. The van der Waals surface area contributed by atoms with E-state index in [-0.39, 0.29) is 0 Å². The van der Waals surface area contributed by atoms with Gasteiger partial charge in [0.15, 0.2) is 5.75 Å². The zero-order valence-electron chi connectivity index (χ0n) is 11.8. The van der Waals surface area contributed by atoms with Gasteiger partial charge in [-0.05, 0) is 41.4 Å². The van der Waals surface area contributed by atoms with Crippen LogP contribution in [0.5, 0.6) is 5.75 Å². The van der Waals surface area contributed by atoms with Gasteiger partial charge in [-0.15, -0.1) is 0 Å². The Labute approximate surface area is 130 Å². The predicted octanol–water partition coefficient (Wildman–Crippen LogP) is 5.88. The van der Waals surface area contributed by atoms with Gasteiger partial charge in [-0.25, -0.2) is 0 Å². The van der Waals surface area contributed by atoms with Crippen LogP contribution < -0.4 is 10.1 Å². The number of halogens is 2. The van der Waals surface area contributed by atoms with Crippen LogP contribution in [-0.2, 0) is 0 Å². The van der Waals surface area contributed by atoms with Crippen molar-refractivity contribution >= 4 is 33.2 Å². The Morgan fingerprint density at radius 1 is 1.16 bits per heavy atom. The van der Waals surface area contributed by atoms with E-state index in [4.69, 9.17) is 16.3 Å². The molecular formula is C15H23BrClNO. The van der Waals surface area contributed by atoms with Crippen molar-refractivity contribution in [2.75, 3.05) is 18.5 Å². The summed E-state index contributed by atoms with van der Waals surface area (Å²) in [7, 11) is 0. The molecule has 0 bridgehead atoms.